The Bertz CT molecular complexity index is 1410. The molecule has 1 aliphatic rings. The zero-order valence-corrected chi connectivity index (χ0v) is 20.4. The van der Waals surface area contributed by atoms with Crippen LogP contribution in [0.5, 0.6) is 11.5 Å². The maximum atomic E-state index is 13.4. The second kappa shape index (κ2) is 9.23. The van der Waals surface area contributed by atoms with Crippen LogP contribution < -0.4 is 9.64 Å². The van der Waals surface area contributed by atoms with Crippen molar-refractivity contribution >= 4 is 23.1 Å². The molecule has 1 saturated heterocycles. The fraction of sp³-hybridized carbons (Fsp3) is 0.207. The Labute approximate surface area is 209 Å². The predicted octanol–water partition coefficient (Wildman–Crippen LogP) is 5.20. The van der Waals surface area contributed by atoms with Crippen molar-refractivity contribution in [1.29, 1.82) is 5.26 Å². The average molecular weight is 483 g/mol. The average Bonchev–Trinajstić information content (AvgIpc) is 3.13. The molecule has 4 rings (SSSR count). The Morgan fingerprint density at radius 2 is 1.64 bits per heavy atom. The summed E-state index contributed by atoms with van der Waals surface area (Å²) in [7, 11) is 1.47. The lowest BCUT2D eigenvalue weighted by molar-refractivity contribution is -0.132. The molecule has 7 heteroatoms. The molecule has 1 amide bonds. The van der Waals surface area contributed by atoms with Gasteiger partial charge in [-0.3, -0.25) is 14.5 Å². The highest BCUT2D eigenvalue weighted by Crippen LogP contribution is 2.44. The minimum atomic E-state index is -0.971. The number of anilines is 1. The van der Waals surface area contributed by atoms with Crippen molar-refractivity contribution < 1.29 is 24.5 Å². The Morgan fingerprint density at radius 3 is 2.19 bits per heavy atom. The SMILES string of the molecule is COc1ccc(C(C)(C)C)cc1/C(O)=C1\C(=O)C(=O)N(c2ccc(C#N)cc2)C1c1ccc(O)cc1. The molecular formula is C29H26N2O5. The largest absolute Gasteiger partial charge is 0.508 e. The van der Waals surface area contributed by atoms with Crippen LogP contribution in [0.3, 0.4) is 0 Å². The fourth-order valence-corrected chi connectivity index (χ4v) is 4.27. The lowest BCUT2D eigenvalue weighted by atomic mass is 9.85. The molecule has 182 valence electrons. The third-order valence-corrected chi connectivity index (χ3v) is 6.25. The molecule has 0 aliphatic carbocycles. The summed E-state index contributed by atoms with van der Waals surface area (Å²) >= 11 is 0. The Morgan fingerprint density at radius 1 is 1.00 bits per heavy atom. The monoisotopic (exact) mass is 482 g/mol. The molecule has 3 aromatic carbocycles. The van der Waals surface area contributed by atoms with E-state index in [1.165, 1.54) is 24.1 Å². The lowest BCUT2D eigenvalue weighted by Gasteiger charge is -2.26. The third-order valence-electron chi connectivity index (χ3n) is 6.25. The van der Waals surface area contributed by atoms with Crippen molar-refractivity contribution in [2.45, 2.75) is 32.2 Å². The fourth-order valence-electron chi connectivity index (χ4n) is 4.27. The number of aromatic hydroxyl groups is 1. The van der Waals surface area contributed by atoms with Gasteiger partial charge in [-0.15, -0.1) is 0 Å². The number of phenols is 1. The van der Waals surface area contributed by atoms with Gasteiger partial charge in [-0.2, -0.15) is 5.26 Å². The van der Waals surface area contributed by atoms with Gasteiger partial charge in [0, 0.05) is 5.69 Å². The summed E-state index contributed by atoms with van der Waals surface area (Å²) in [5.74, 6) is -1.64. The third kappa shape index (κ3) is 4.29. The molecule has 0 aromatic heterocycles. The molecule has 0 saturated carbocycles. The lowest BCUT2D eigenvalue weighted by Crippen LogP contribution is -2.29. The summed E-state index contributed by atoms with van der Waals surface area (Å²) in [6.07, 6.45) is 0. The summed E-state index contributed by atoms with van der Waals surface area (Å²) in [5, 5.41) is 30.5. The van der Waals surface area contributed by atoms with Crippen LogP contribution in [-0.4, -0.2) is 29.0 Å². The Balaban J connectivity index is 1.98. The number of ketones is 1. The van der Waals surface area contributed by atoms with E-state index in [0.717, 1.165) is 5.56 Å². The maximum Gasteiger partial charge on any atom is 0.300 e. The second-order valence-corrected chi connectivity index (χ2v) is 9.58. The summed E-state index contributed by atoms with van der Waals surface area (Å²) in [5.41, 5.74) is 2.18. The number of rotatable bonds is 4. The summed E-state index contributed by atoms with van der Waals surface area (Å²) in [4.78, 5) is 28.0. The first kappa shape index (κ1) is 24.6. The van der Waals surface area contributed by atoms with Crippen LogP contribution in [0.4, 0.5) is 5.69 Å². The number of hydrogen-bond donors (Lipinski definition) is 2. The zero-order chi connectivity index (χ0) is 26.2. The van der Waals surface area contributed by atoms with E-state index in [1.54, 1.807) is 48.5 Å². The number of carbonyl (C=O) groups is 2. The molecule has 1 aliphatic heterocycles. The molecule has 7 nitrogen and oxygen atoms in total. The van der Waals surface area contributed by atoms with E-state index < -0.39 is 17.7 Å². The maximum absolute atomic E-state index is 13.4. The van der Waals surface area contributed by atoms with Crippen molar-refractivity contribution in [3.63, 3.8) is 0 Å². The Hall–Kier alpha value is -4.57. The van der Waals surface area contributed by atoms with Crippen molar-refractivity contribution in [1.82, 2.24) is 0 Å². The zero-order valence-electron chi connectivity index (χ0n) is 20.4. The van der Waals surface area contributed by atoms with Crippen molar-refractivity contribution in [3.8, 4) is 17.6 Å². The highest BCUT2D eigenvalue weighted by atomic mass is 16.5. The van der Waals surface area contributed by atoms with Gasteiger partial charge in [0.25, 0.3) is 11.7 Å². The molecule has 1 heterocycles. The van der Waals surface area contributed by atoms with Gasteiger partial charge in [0.2, 0.25) is 0 Å². The number of Topliss-reactive ketones (excluding diaryl/α,β-unsaturated/α-hetero) is 1. The van der Waals surface area contributed by atoms with Gasteiger partial charge in [0.15, 0.2) is 0 Å². The second-order valence-electron chi connectivity index (χ2n) is 9.58. The van der Waals surface area contributed by atoms with Crippen molar-refractivity contribution in [3.05, 3.63) is 94.6 Å². The number of nitriles is 1. The minimum Gasteiger partial charge on any atom is -0.508 e. The molecule has 0 bridgehead atoms. The first-order chi connectivity index (χ1) is 17.1. The van der Waals surface area contributed by atoms with Gasteiger partial charge in [0.05, 0.1) is 35.9 Å². The first-order valence-corrected chi connectivity index (χ1v) is 11.4. The molecular weight excluding hydrogens is 456 g/mol. The molecule has 3 aromatic rings. The molecule has 0 radical (unpaired) electrons. The highest BCUT2D eigenvalue weighted by Gasteiger charge is 2.47. The topological polar surface area (TPSA) is 111 Å². The van der Waals surface area contributed by atoms with Crippen LogP contribution in [0.15, 0.2) is 72.3 Å². The van der Waals surface area contributed by atoms with Crippen LogP contribution in [-0.2, 0) is 15.0 Å². The quantitative estimate of drug-likeness (QED) is 0.301. The minimum absolute atomic E-state index is 0.0219. The number of hydrogen-bond acceptors (Lipinski definition) is 6. The number of amides is 1. The molecule has 1 unspecified atom stereocenters. The molecule has 1 atom stereocenters. The normalized spacial score (nSPS) is 17.2. The van der Waals surface area contributed by atoms with E-state index in [4.69, 9.17) is 10.00 Å². The number of benzene rings is 3. The summed E-state index contributed by atoms with van der Waals surface area (Å²) < 4.78 is 5.48. The van der Waals surface area contributed by atoms with Crippen molar-refractivity contribution in [2.24, 2.45) is 0 Å². The number of ether oxygens (including phenoxy) is 1. The number of methoxy groups -OCH3 is 1. The van der Waals surface area contributed by atoms with E-state index in [0.29, 0.717) is 28.1 Å². The van der Waals surface area contributed by atoms with Crippen LogP contribution in [0, 0.1) is 11.3 Å². The van der Waals surface area contributed by atoms with Crippen LogP contribution in [0.1, 0.15) is 49.1 Å². The van der Waals surface area contributed by atoms with Gasteiger partial charge in [-0.1, -0.05) is 39.0 Å². The number of phenolic OH excluding ortho intramolecular Hbond substituents is 1. The predicted molar refractivity (Wildman–Crippen MR) is 136 cm³/mol. The van der Waals surface area contributed by atoms with E-state index in [9.17, 15) is 19.8 Å². The van der Waals surface area contributed by atoms with Gasteiger partial charge < -0.3 is 14.9 Å². The van der Waals surface area contributed by atoms with Crippen LogP contribution >= 0.6 is 0 Å². The van der Waals surface area contributed by atoms with Crippen LogP contribution in [0.25, 0.3) is 5.76 Å². The molecule has 36 heavy (non-hydrogen) atoms. The first-order valence-electron chi connectivity index (χ1n) is 11.4. The van der Waals surface area contributed by atoms with Gasteiger partial charge in [-0.05, 0) is 65.1 Å². The van der Waals surface area contributed by atoms with Gasteiger partial charge in [0.1, 0.15) is 17.3 Å². The van der Waals surface area contributed by atoms with Gasteiger partial charge >= 0.3 is 0 Å². The molecule has 2 N–H and O–H groups in total. The standard InChI is InChI=1S/C29H26N2O5/c1-29(2,3)19-9-14-23(36-4)22(15-19)26(33)24-25(18-7-12-21(32)13-8-18)31(28(35)27(24)34)20-10-5-17(16-30)6-11-20/h5-15,25,32-33H,1-4H3/b26-24+. The highest BCUT2D eigenvalue weighted by molar-refractivity contribution is 6.51. The van der Waals surface area contributed by atoms with E-state index >= 15 is 0 Å². The molecule has 1 fully saturated rings. The number of aliphatic hydroxyl groups excluding tert-OH is 1. The molecule has 0 spiro atoms. The van der Waals surface area contributed by atoms with Gasteiger partial charge in [-0.25, -0.2) is 0 Å². The summed E-state index contributed by atoms with van der Waals surface area (Å²) in [6.45, 7) is 6.08. The van der Waals surface area contributed by atoms with E-state index in [-0.39, 0.29) is 22.5 Å². The number of aliphatic hydroxyl groups is 1. The van der Waals surface area contributed by atoms with Crippen molar-refractivity contribution in [2.75, 3.05) is 12.0 Å². The van der Waals surface area contributed by atoms with E-state index in [1.807, 2.05) is 32.9 Å². The summed E-state index contributed by atoms with van der Waals surface area (Å²) in [6, 6.07) is 18.8. The van der Waals surface area contributed by atoms with E-state index in [2.05, 4.69) is 0 Å². The Kier molecular flexibility index (Phi) is 6.30. The smallest absolute Gasteiger partial charge is 0.300 e. The number of nitrogens with zero attached hydrogens (tertiary/aromatic N) is 2. The van der Waals surface area contributed by atoms with Crippen LogP contribution in [0.2, 0.25) is 0 Å². The number of carbonyl (C=O) groups excluding carboxylic acids is 2.